The Morgan fingerprint density at radius 2 is 1.77 bits per heavy atom. The number of carbonyl (C=O) groups is 1. The Morgan fingerprint density at radius 3 is 2.49 bits per heavy atom. The third kappa shape index (κ3) is 4.99. The molecule has 2 N–H and O–H groups in total. The van der Waals surface area contributed by atoms with E-state index in [2.05, 4.69) is 16.9 Å². The summed E-state index contributed by atoms with van der Waals surface area (Å²) in [6.07, 6.45) is 2.80. The lowest BCUT2D eigenvalue weighted by molar-refractivity contribution is 0.0949. The van der Waals surface area contributed by atoms with Crippen LogP contribution in [0.1, 0.15) is 15.9 Å². The number of pyridine rings is 1. The van der Waals surface area contributed by atoms with Crippen LogP contribution in [0.15, 0.2) is 101 Å². The monoisotopic (exact) mass is 507 g/mol. The standard InChI is InChI=1S/C26H22ClN3O4S/c1-2-14-30(19-9-4-3-5-10-19)35(33,34)20-12-13-24-21(15-20)25(31)22(17-28-24)26(32)29-16-18-8-6-7-11-23(18)27/h2-13,15,17H,1,14,16H2,(H,28,31)(H,29,32). The van der Waals surface area contributed by atoms with Gasteiger partial charge in [0, 0.05) is 28.7 Å². The van der Waals surface area contributed by atoms with Crippen LogP contribution >= 0.6 is 11.6 Å². The maximum atomic E-state index is 13.5. The molecule has 0 saturated heterocycles. The third-order valence-corrected chi connectivity index (χ3v) is 7.58. The second-order valence-corrected chi connectivity index (χ2v) is 9.94. The van der Waals surface area contributed by atoms with Crippen LogP contribution in [0.2, 0.25) is 5.02 Å². The summed E-state index contributed by atoms with van der Waals surface area (Å²) in [5.41, 5.74) is 0.865. The van der Waals surface area contributed by atoms with Crippen molar-refractivity contribution in [3.05, 3.63) is 118 Å². The molecule has 0 fully saturated rings. The van der Waals surface area contributed by atoms with Gasteiger partial charge in [-0.25, -0.2) is 8.42 Å². The number of para-hydroxylation sites is 1. The van der Waals surface area contributed by atoms with Gasteiger partial charge < -0.3 is 10.3 Å². The minimum atomic E-state index is -4.01. The zero-order valence-electron chi connectivity index (χ0n) is 18.6. The van der Waals surface area contributed by atoms with Gasteiger partial charge in [0.05, 0.1) is 17.1 Å². The van der Waals surface area contributed by atoms with Crippen molar-refractivity contribution in [2.24, 2.45) is 0 Å². The Kier molecular flexibility index (Phi) is 7.04. The molecule has 178 valence electrons. The summed E-state index contributed by atoms with van der Waals surface area (Å²) in [4.78, 5) is 28.7. The van der Waals surface area contributed by atoms with Crippen LogP contribution < -0.4 is 15.1 Å². The smallest absolute Gasteiger partial charge is 0.264 e. The number of aromatic nitrogens is 1. The lowest BCUT2D eigenvalue weighted by Crippen LogP contribution is -2.31. The number of amides is 1. The fraction of sp³-hybridized carbons (Fsp3) is 0.0769. The van der Waals surface area contributed by atoms with E-state index in [4.69, 9.17) is 11.6 Å². The molecule has 7 nitrogen and oxygen atoms in total. The fourth-order valence-electron chi connectivity index (χ4n) is 3.62. The van der Waals surface area contributed by atoms with Crippen molar-refractivity contribution in [1.29, 1.82) is 0 Å². The first kappa shape index (κ1) is 24.3. The van der Waals surface area contributed by atoms with E-state index in [-0.39, 0.29) is 28.9 Å². The Balaban J connectivity index is 1.69. The predicted octanol–water partition coefficient (Wildman–Crippen LogP) is 4.49. The fourth-order valence-corrected chi connectivity index (χ4v) is 5.29. The van der Waals surface area contributed by atoms with Crippen LogP contribution in [-0.4, -0.2) is 25.9 Å². The summed E-state index contributed by atoms with van der Waals surface area (Å²) in [5, 5.41) is 3.27. The number of H-pyrrole nitrogens is 1. The molecular weight excluding hydrogens is 486 g/mol. The number of anilines is 1. The van der Waals surface area contributed by atoms with E-state index in [9.17, 15) is 18.0 Å². The van der Waals surface area contributed by atoms with Crippen LogP contribution in [-0.2, 0) is 16.6 Å². The molecule has 4 rings (SSSR count). The van der Waals surface area contributed by atoms with Gasteiger partial charge in [0.1, 0.15) is 5.56 Å². The summed E-state index contributed by atoms with van der Waals surface area (Å²) in [6.45, 7) is 3.84. The maximum absolute atomic E-state index is 13.5. The van der Waals surface area contributed by atoms with Gasteiger partial charge in [0.2, 0.25) is 5.43 Å². The quantitative estimate of drug-likeness (QED) is 0.343. The van der Waals surface area contributed by atoms with Gasteiger partial charge in [0.25, 0.3) is 15.9 Å². The molecule has 0 atom stereocenters. The molecule has 0 aliphatic carbocycles. The molecule has 0 spiro atoms. The number of fused-ring (bicyclic) bond motifs is 1. The third-order valence-electron chi connectivity index (χ3n) is 5.42. The van der Waals surface area contributed by atoms with Gasteiger partial charge in [-0.3, -0.25) is 13.9 Å². The van der Waals surface area contributed by atoms with E-state index >= 15 is 0 Å². The van der Waals surface area contributed by atoms with E-state index < -0.39 is 21.4 Å². The SMILES string of the molecule is C=CCN(c1ccccc1)S(=O)(=O)c1ccc2[nH]cc(C(=O)NCc3ccccc3Cl)c(=O)c2c1. The topological polar surface area (TPSA) is 99.3 Å². The molecule has 0 saturated carbocycles. The highest BCUT2D eigenvalue weighted by atomic mass is 35.5. The number of aromatic amines is 1. The van der Waals surface area contributed by atoms with Gasteiger partial charge in [-0.2, -0.15) is 0 Å². The number of hydrogen-bond donors (Lipinski definition) is 2. The highest BCUT2D eigenvalue weighted by Gasteiger charge is 2.25. The van der Waals surface area contributed by atoms with Gasteiger partial charge in [-0.15, -0.1) is 6.58 Å². The van der Waals surface area contributed by atoms with E-state index in [0.29, 0.717) is 21.8 Å². The maximum Gasteiger partial charge on any atom is 0.264 e. The van der Waals surface area contributed by atoms with Gasteiger partial charge in [-0.1, -0.05) is 54.1 Å². The number of nitrogens with one attached hydrogen (secondary N) is 2. The van der Waals surface area contributed by atoms with Crippen LogP contribution in [0.5, 0.6) is 0 Å². The Bertz CT molecular complexity index is 1570. The van der Waals surface area contributed by atoms with Crippen molar-refractivity contribution < 1.29 is 13.2 Å². The number of sulfonamides is 1. The van der Waals surface area contributed by atoms with E-state index in [1.54, 1.807) is 54.6 Å². The summed E-state index contributed by atoms with van der Waals surface area (Å²) >= 11 is 6.13. The van der Waals surface area contributed by atoms with E-state index in [1.807, 2.05) is 0 Å². The molecular formula is C26H22ClN3O4S. The molecule has 0 unspecified atom stereocenters. The van der Waals surface area contributed by atoms with Crippen molar-refractivity contribution in [1.82, 2.24) is 10.3 Å². The minimum absolute atomic E-state index is 0.0469. The highest BCUT2D eigenvalue weighted by molar-refractivity contribution is 7.92. The van der Waals surface area contributed by atoms with Crippen molar-refractivity contribution >= 4 is 44.1 Å². The second-order valence-electron chi connectivity index (χ2n) is 7.67. The van der Waals surface area contributed by atoms with Gasteiger partial charge >= 0.3 is 0 Å². The zero-order valence-corrected chi connectivity index (χ0v) is 20.1. The van der Waals surface area contributed by atoms with Crippen molar-refractivity contribution in [2.75, 3.05) is 10.8 Å². The first-order valence-electron chi connectivity index (χ1n) is 10.7. The average molecular weight is 508 g/mol. The molecule has 0 bridgehead atoms. The summed E-state index contributed by atoms with van der Waals surface area (Å²) in [5.74, 6) is -0.598. The first-order valence-corrected chi connectivity index (χ1v) is 12.5. The number of rotatable bonds is 8. The molecule has 0 radical (unpaired) electrons. The highest BCUT2D eigenvalue weighted by Crippen LogP contribution is 2.25. The number of benzene rings is 3. The zero-order chi connectivity index (χ0) is 25.0. The molecule has 1 heterocycles. The number of hydrogen-bond acceptors (Lipinski definition) is 4. The summed E-state index contributed by atoms with van der Waals surface area (Å²) < 4.78 is 28.1. The number of carbonyl (C=O) groups excluding carboxylic acids is 1. The van der Waals surface area contributed by atoms with Crippen LogP contribution in [0.25, 0.3) is 10.9 Å². The van der Waals surface area contributed by atoms with Crippen molar-refractivity contribution in [3.63, 3.8) is 0 Å². The number of halogens is 1. The van der Waals surface area contributed by atoms with Crippen LogP contribution in [0.4, 0.5) is 5.69 Å². The van der Waals surface area contributed by atoms with Crippen molar-refractivity contribution in [2.45, 2.75) is 11.4 Å². The van der Waals surface area contributed by atoms with Gasteiger partial charge in [0.15, 0.2) is 0 Å². The lowest BCUT2D eigenvalue weighted by Gasteiger charge is -2.23. The Hall–Kier alpha value is -3.88. The molecule has 35 heavy (non-hydrogen) atoms. The predicted molar refractivity (Wildman–Crippen MR) is 138 cm³/mol. The van der Waals surface area contributed by atoms with Crippen molar-refractivity contribution in [3.8, 4) is 0 Å². The van der Waals surface area contributed by atoms with Crippen LogP contribution in [0.3, 0.4) is 0 Å². The Labute approximate surface area is 207 Å². The summed E-state index contributed by atoms with van der Waals surface area (Å²) in [6, 6.07) is 19.9. The largest absolute Gasteiger partial charge is 0.360 e. The molecule has 9 heteroatoms. The normalized spacial score (nSPS) is 11.2. The molecule has 3 aromatic carbocycles. The average Bonchev–Trinajstić information content (AvgIpc) is 2.87. The summed E-state index contributed by atoms with van der Waals surface area (Å²) in [7, 11) is -4.01. The molecule has 1 amide bonds. The lowest BCUT2D eigenvalue weighted by atomic mass is 10.1. The first-order chi connectivity index (χ1) is 16.8. The molecule has 1 aromatic heterocycles. The number of nitrogens with zero attached hydrogens (tertiary/aromatic N) is 1. The van der Waals surface area contributed by atoms with E-state index in [1.165, 1.54) is 34.8 Å². The van der Waals surface area contributed by atoms with Crippen LogP contribution in [0, 0.1) is 0 Å². The molecule has 4 aromatic rings. The van der Waals surface area contributed by atoms with Gasteiger partial charge in [-0.05, 0) is 42.0 Å². The minimum Gasteiger partial charge on any atom is -0.360 e. The molecule has 0 aliphatic heterocycles. The second kappa shape index (κ2) is 10.2. The van der Waals surface area contributed by atoms with E-state index in [0.717, 1.165) is 0 Å². The Morgan fingerprint density at radius 1 is 1.06 bits per heavy atom. The molecule has 0 aliphatic rings.